The van der Waals surface area contributed by atoms with Gasteiger partial charge in [0.25, 0.3) is 5.76 Å². The summed E-state index contributed by atoms with van der Waals surface area (Å²) >= 11 is 0.293. The highest BCUT2D eigenvalue weighted by molar-refractivity contribution is 7.99. The predicted molar refractivity (Wildman–Crippen MR) is 74.0 cm³/mol. The lowest BCUT2D eigenvalue weighted by Gasteiger charge is -2.36. The molecule has 1 aliphatic rings. The number of hydrogen-bond acceptors (Lipinski definition) is 3. The fourth-order valence-corrected chi connectivity index (χ4v) is 2.66. The molecule has 0 spiro atoms. The van der Waals surface area contributed by atoms with Gasteiger partial charge in [-0.25, -0.2) is 9.78 Å². The molecular formula is C13H14F5N3OS. The minimum Gasteiger partial charge on any atom is -0.335 e. The first-order chi connectivity index (χ1) is 10.7. The topological polar surface area (TPSA) is 54.0 Å². The second kappa shape index (κ2) is 7.33. The van der Waals surface area contributed by atoms with Crippen LogP contribution < -0.4 is 10.6 Å². The van der Waals surface area contributed by atoms with Crippen LogP contribution in [0.2, 0.25) is 0 Å². The van der Waals surface area contributed by atoms with Gasteiger partial charge < -0.3 is 10.6 Å². The average Bonchev–Trinajstić information content (AvgIpc) is 2.38. The van der Waals surface area contributed by atoms with Crippen molar-refractivity contribution in [2.45, 2.75) is 42.4 Å². The van der Waals surface area contributed by atoms with Crippen LogP contribution in [0.15, 0.2) is 23.4 Å². The third-order valence-corrected chi connectivity index (χ3v) is 4.04. The molecule has 2 rings (SSSR count). The lowest BCUT2D eigenvalue weighted by molar-refractivity contribution is -0.198. The molecule has 1 aromatic rings. The zero-order valence-corrected chi connectivity index (χ0v) is 12.6. The summed E-state index contributed by atoms with van der Waals surface area (Å²) in [6.07, 6.45) is -3.12. The highest BCUT2D eigenvalue weighted by Crippen LogP contribution is 2.40. The number of nitrogens with zero attached hydrogens (tertiary/aromatic N) is 1. The summed E-state index contributed by atoms with van der Waals surface area (Å²) in [7, 11) is 0. The van der Waals surface area contributed by atoms with Crippen LogP contribution in [0.5, 0.6) is 0 Å². The Labute approximate surface area is 133 Å². The molecular weight excluding hydrogens is 341 g/mol. The number of carbonyl (C=O) groups excluding carboxylic acids is 1. The lowest BCUT2D eigenvalue weighted by Crippen LogP contribution is -2.51. The van der Waals surface area contributed by atoms with Crippen molar-refractivity contribution >= 4 is 17.8 Å². The second-order valence-electron chi connectivity index (χ2n) is 5.11. The molecule has 0 aromatic carbocycles. The molecule has 1 aliphatic carbocycles. The van der Waals surface area contributed by atoms with Gasteiger partial charge in [-0.15, -0.1) is 0 Å². The summed E-state index contributed by atoms with van der Waals surface area (Å²) in [5, 5.41) is 5.05. The van der Waals surface area contributed by atoms with E-state index >= 15 is 0 Å². The van der Waals surface area contributed by atoms with Crippen molar-refractivity contribution < 1.29 is 26.7 Å². The second-order valence-corrected chi connectivity index (χ2v) is 6.13. The fraction of sp³-hybridized carbons (Fsp3) is 0.538. The van der Waals surface area contributed by atoms with Gasteiger partial charge in [-0.3, -0.25) is 0 Å². The van der Waals surface area contributed by atoms with Gasteiger partial charge >= 0.3 is 12.2 Å². The number of aromatic nitrogens is 1. The van der Waals surface area contributed by atoms with Crippen molar-refractivity contribution in [3.8, 4) is 0 Å². The van der Waals surface area contributed by atoms with E-state index in [0.717, 1.165) is 0 Å². The molecule has 2 amide bonds. The predicted octanol–water partition coefficient (Wildman–Crippen LogP) is 3.54. The van der Waals surface area contributed by atoms with Gasteiger partial charge in [-0.1, -0.05) is 0 Å². The number of pyridine rings is 1. The van der Waals surface area contributed by atoms with E-state index in [2.05, 4.69) is 15.6 Å². The molecule has 4 nitrogen and oxygen atoms in total. The highest BCUT2D eigenvalue weighted by Gasteiger charge is 2.48. The van der Waals surface area contributed by atoms with Crippen LogP contribution in [0.1, 0.15) is 18.4 Å². The van der Waals surface area contributed by atoms with Crippen molar-refractivity contribution in [1.29, 1.82) is 0 Å². The molecule has 23 heavy (non-hydrogen) atoms. The van der Waals surface area contributed by atoms with Crippen LogP contribution >= 0.6 is 11.8 Å². The Kier molecular flexibility index (Phi) is 5.66. The SMILES string of the molecule is O=C(NCc1ccnc(SC(F)F)c1)NC1CC(C(F)(F)F)C1. The number of urea groups is 1. The molecule has 1 aromatic heterocycles. The van der Waals surface area contributed by atoms with Crippen LogP contribution in [-0.4, -0.2) is 29.0 Å². The molecule has 0 bridgehead atoms. The molecule has 1 heterocycles. The first-order valence-corrected chi connectivity index (χ1v) is 7.63. The summed E-state index contributed by atoms with van der Waals surface area (Å²) in [5.41, 5.74) is 0.570. The molecule has 10 heteroatoms. The molecule has 0 atom stereocenters. The molecule has 1 saturated carbocycles. The zero-order chi connectivity index (χ0) is 17.0. The van der Waals surface area contributed by atoms with E-state index in [9.17, 15) is 26.7 Å². The number of halogens is 5. The fourth-order valence-electron chi connectivity index (χ4n) is 2.14. The van der Waals surface area contributed by atoms with E-state index in [-0.39, 0.29) is 24.4 Å². The van der Waals surface area contributed by atoms with Crippen LogP contribution in [-0.2, 0) is 6.54 Å². The van der Waals surface area contributed by atoms with Crippen LogP contribution in [0.4, 0.5) is 26.7 Å². The minimum atomic E-state index is -4.22. The number of carbonyl (C=O) groups is 1. The Morgan fingerprint density at radius 3 is 2.70 bits per heavy atom. The number of amides is 2. The Morgan fingerprint density at radius 1 is 1.39 bits per heavy atom. The van der Waals surface area contributed by atoms with Crippen molar-refractivity contribution in [2.24, 2.45) is 5.92 Å². The van der Waals surface area contributed by atoms with Crippen LogP contribution in [0.25, 0.3) is 0 Å². The first kappa shape index (κ1) is 17.8. The lowest BCUT2D eigenvalue weighted by atomic mass is 9.80. The van der Waals surface area contributed by atoms with Gasteiger partial charge in [-0.05, 0) is 42.3 Å². The van der Waals surface area contributed by atoms with Crippen molar-refractivity contribution in [2.75, 3.05) is 0 Å². The van der Waals surface area contributed by atoms with Gasteiger partial charge in [0, 0.05) is 18.8 Å². The Bertz CT molecular complexity index is 549. The summed E-state index contributed by atoms with van der Waals surface area (Å²) < 4.78 is 61.4. The number of rotatable bonds is 5. The molecule has 0 saturated heterocycles. The summed E-state index contributed by atoms with van der Waals surface area (Å²) in [4.78, 5) is 15.4. The molecule has 0 radical (unpaired) electrons. The zero-order valence-electron chi connectivity index (χ0n) is 11.7. The molecule has 0 aliphatic heterocycles. The van der Waals surface area contributed by atoms with E-state index in [1.54, 1.807) is 6.07 Å². The monoisotopic (exact) mass is 355 g/mol. The maximum Gasteiger partial charge on any atom is 0.391 e. The van der Waals surface area contributed by atoms with Gasteiger partial charge in [0.1, 0.15) is 5.03 Å². The highest BCUT2D eigenvalue weighted by atomic mass is 32.2. The third-order valence-electron chi connectivity index (χ3n) is 3.40. The van der Waals surface area contributed by atoms with Crippen LogP contribution in [0, 0.1) is 5.92 Å². The van der Waals surface area contributed by atoms with Crippen LogP contribution in [0.3, 0.4) is 0 Å². The Hall–Kier alpha value is -1.58. The van der Waals surface area contributed by atoms with E-state index in [1.807, 2.05) is 0 Å². The van der Waals surface area contributed by atoms with Crippen molar-refractivity contribution in [3.63, 3.8) is 0 Å². The molecule has 1 fully saturated rings. The quantitative estimate of drug-likeness (QED) is 0.628. The van der Waals surface area contributed by atoms with Crippen molar-refractivity contribution in [1.82, 2.24) is 15.6 Å². The summed E-state index contributed by atoms with van der Waals surface area (Å²) in [6.45, 7) is 0.0700. The van der Waals surface area contributed by atoms with Gasteiger partial charge in [0.2, 0.25) is 0 Å². The molecule has 128 valence electrons. The van der Waals surface area contributed by atoms with E-state index < -0.39 is 29.9 Å². The first-order valence-electron chi connectivity index (χ1n) is 6.75. The van der Waals surface area contributed by atoms with E-state index in [4.69, 9.17) is 0 Å². The number of nitrogens with one attached hydrogen (secondary N) is 2. The Balaban J connectivity index is 1.73. The Morgan fingerprint density at radius 2 is 2.09 bits per heavy atom. The van der Waals surface area contributed by atoms with Gasteiger partial charge in [0.05, 0.1) is 5.92 Å². The summed E-state index contributed by atoms with van der Waals surface area (Å²) in [5.74, 6) is -3.95. The number of alkyl halides is 5. The smallest absolute Gasteiger partial charge is 0.335 e. The summed E-state index contributed by atoms with van der Waals surface area (Å²) in [6, 6.07) is 1.89. The maximum absolute atomic E-state index is 12.3. The average molecular weight is 355 g/mol. The molecule has 2 N–H and O–H groups in total. The normalized spacial score (nSPS) is 21.0. The standard InChI is InChI=1S/C13H14F5N3OS/c14-11(15)23-10-3-7(1-2-19-10)6-20-12(22)21-9-4-8(5-9)13(16,17)18/h1-3,8-9,11H,4-6H2,(H2,20,21,22). The number of hydrogen-bond donors (Lipinski definition) is 2. The number of thioether (sulfide) groups is 1. The van der Waals surface area contributed by atoms with E-state index in [0.29, 0.717) is 17.3 Å². The third kappa shape index (κ3) is 5.52. The van der Waals surface area contributed by atoms with E-state index in [1.165, 1.54) is 12.3 Å². The van der Waals surface area contributed by atoms with Crippen molar-refractivity contribution in [3.05, 3.63) is 23.9 Å². The minimum absolute atomic E-state index is 0.0700. The van der Waals surface area contributed by atoms with Gasteiger partial charge in [0.15, 0.2) is 0 Å². The maximum atomic E-state index is 12.3. The molecule has 0 unspecified atom stereocenters. The van der Waals surface area contributed by atoms with Gasteiger partial charge in [-0.2, -0.15) is 22.0 Å². The largest absolute Gasteiger partial charge is 0.391 e.